The summed E-state index contributed by atoms with van der Waals surface area (Å²) in [4.78, 5) is 27.1. The second-order valence-electron chi connectivity index (χ2n) is 9.79. The largest absolute Gasteiger partial charge is 0.382 e. The zero-order valence-corrected chi connectivity index (χ0v) is 20.8. The predicted octanol–water partition coefficient (Wildman–Crippen LogP) is 3.41. The van der Waals surface area contributed by atoms with Crippen LogP contribution in [0.15, 0.2) is 54.7 Å². The van der Waals surface area contributed by atoms with Gasteiger partial charge in [-0.1, -0.05) is 36.4 Å². The lowest BCUT2D eigenvalue weighted by Crippen LogP contribution is -2.29. The van der Waals surface area contributed by atoms with Gasteiger partial charge in [-0.2, -0.15) is 0 Å². The van der Waals surface area contributed by atoms with Gasteiger partial charge in [-0.05, 0) is 55.5 Å². The van der Waals surface area contributed by atoms with Crippen LogP contribution in [0.5, 0.6) is 0 Å². The standard InChI is InChI=1S/C28H30N8O/c1-36-27(20-9-5-13-30-15-20)34-26(35-36)24-25(29)31-16-23(32-24)18-7-4-8-19(14-18)28(37)33-22-12-11-17-6-2-3-10-21(17)22/h2-4,6-8,10,14,16,20,22,30H,5,9,11-13,15H2,1H3,(H2,29,31)(H,33,37)/t20?,22-/m0/s1. The Bertz CT molecular complexity index is 1460. The third-order valence-corrected chi connectivity index (χ3v) is 7.33. The maximum atomic E-state index is 13.1. The second-order valence-corrected chi connectivity index (χ2v) is 9.79. The first-order valence-electron chi connectivity index (χ1n) is 12.8. The van der Waals surface area contributed by atoms with Crippen molar-refractivity contribution < 1.29 is 4.79 Å². The number of nitrogens with two attached hydrogens (primary N) is 1. The normalized spacial score (nSPS) is 18.9. The van der Waals surface area contributed by atoms with E-state index in [-0.39, 0.29) is 17.8 Å². The number of piperidine rings is 1. The SMILES string of the molecule is Cn1nc(-c2nc(-c3cccc(C(=O)N[C@H]4CCc5ccccc54)c3)cnc2N)nc1C1CCCNC1. The third kappa shape index (κ3) is 4.58. The van der Waals surface area contributed by atoms with Gasteiger partial charge in [-0.25, -0.2) is 15.0 Å². The number of rotatable bonds is 5. The molecule has 4 N–H and O–H groups in total. The number of nitrogens with one attached hydrogen (secondary N) is 2. The summed E-state index contributed by atoms with van der Waals surface area (Å²) in [5.41, 5.74) is 11.1. The van der Waals surface area contributed by atoms with Gasteiger partial charge in [0.05, 0.1) is 17.9 Å². The summed E-state index contributed by atoms with van der Waals surface area (Å²) < 4.78 is 1.81. The molecule has 3 heterocycles. The summed E-state index contributed by atoms with van der Waals surface area (Å²) in [6.07, 6.45) is 5.69. The van der Waals surface area contributed by atoms with E-state index in [9.17, 15) is 4.79 Å². The lowest BCUT2D eigenvalue weighted by Gasteiger charge is -2.21. The minimum absolute atomic E-state index is 0.0269. The molecule has 37 heavy (non-hydrogen) atoms. The monoisotopic (exact) mass is 494 g/mol. The highest BCUT2D eigenvalue weighted by atomic mass is 16.1. The molecule has 6 rings (SSSR count). The fourth-order valence-electron chi connectivity index (χ4n) is 5.40. The number of carbonyl (C=O) groups excluding carboxylic acids is 1. The van der Waals surface area contributed by atoms with Crippen LogP contribution in [0.25, 0.3) is 22.8 Å². The second kappa shape index (κ2) is 9.74. The Morgan fingerprint density at radius 1 is 1.14 bits per heavy atom. The Kier molecular flexibility index (Phi) is 6.13. The highest BCUT2D eigenvalue weighted by Gasteiger charge is 2.25. The van der Waals surface area contributed by atoms with Gasteiger partial charge < -0.3 is 16.4 Å². The molecule has 2 atom stereocenters. The van der Waals surface area contributed by atoms with Gasteiger partial charge in [0.15, 0.2) is 11.5 Å². The van der Waals surface area contributed by atoms with Crippen LogP contribution in [0, 0.1) is 0 Å². The molecular formula is C28H30N8O. The van der Waals surface area contributed by atoms with Crippen LogP contribution in [0.4, 0.5) is 5.82 Å². The summed E-state index contributed by atoms with van der Waals surface area (Å²) in [5, 5.41) is 11.2. The number of aromatic nitrogens is 5. The number of benzene rings is 2. The molecule has 0 radical (unpaired) electrons. The first-order chi connectivity index (χ1) is 18.1. The van der Waals surface area contributed by atoms with E-state index in [1.807, 2.05) is 48.1 Å². The first-order valence-corrected chi connectivity index (χ1v) is 12.8. The number of aryl methyl sites for hydroxylation is 2. The Morgan fingerprint density at radius 3 is 2.89 bits per heavy atom. The van der Waals surface area contributed by atoms with Crippen molar-refractivity contribution >= 4 is 11.7 Å². The summed E-state index contributed by atoms with van der Waals surface area (Å²) >= 11 is 0. The number of anilines is 1. The molecule has 4 aromatic rings. The number of nitrogens with zero attached hydrogens (tertiary/aromatic N) is 5. The molecule has 2 aromatic carbocycles. The van der Waals surface area contributed by atoms with E-state index >= 15 is 0 Å². The van der Waals surface area contributed by atoms with Gasteiger partial charge in [0.2, 0.25) is 5.82 Å². The van der Waals surface area contributed by atoms with Crippen molar-refractivity contribution in [1.82, 2.24) is 35.4 Å². The summed E-state index contributed by atoms with van der Waals surface area (Å²) in [7, 11) is 1.90. The lowest BCUT2D eigenvalue weighted by atomic mass is 9.99. The van der Waals surface area contributed by atoms with Crippen LogP contribution in [0.3, 0.4) is 0 Å². The number of nitrogen functional groups attached to an aromatic ring is 1. The maximum absolute atomic E-state index is 13.1. The van der Waals surface area contributed by atoms with Crippen LogP contribution in [0.1, 0.15) is 58.5 Å². The average Bonchev–Trinajstić information content (AvgIpc) is 3.53. The molecule has 2 aliphatic rings. The number of carbonyl (C=O) groups is 1. The van der Waals surface area contributed by atoms with E-state index in [0.29, 0.717) is 28.7 Å². The van der Waals surface area contributed by atoms with E-state index < -0.39 is 0 Å². The lowest BCUT2D eigenvalue weighted by molar-refractivity contribution is 0.0936. The van der Waals surface area contributed by atoms with Crippen LogP contribution in [0.2, 0.25) is 0 Å². The zero-order valence-electron chi connectivity index (χ0n) is 20.8. The average molecular weight is 495 g/mol. The molecule has 1 unspecified atom stereocenters. The van der Waals surface area contributed by atoms with Crippen molar-refractivity contribution in [3.8, 4) is 22.8 Å². The molecule has 0 saturated carbocycles. The molecular weight excluding hydrogens is 464 g/mol. The molecule has 9 heteroatoms. The molecule has 1 fully saturated rings. The van der Waals surface area contributed by atoms with Gasteiger partial charge in [0.25, 0.3) is 5.91 Å². The van der Waals surface area contributed by atoms with E-state index in [1.165, 1.54) is 11.1 Å². The highest BCUT2D eigenvalue weighted by Crippen LogP contribution is 2.31. The van der Waals surface area contributed by atoms with Crippen LogP contribution in [-0.2, 0) is 13.5 Å². The minimum atomic E-state index is -0.107. The Hall–Kier alpha value is -4.11. The van der Waals surface area contributed by atoms with Crippen molar-refractivity contribution in [3.05, 3.63) is 77.2 Å². The van der Waals surface area contributed by atoms with E-state index in [4.69, 9.17) is 15.7 Å². The van der Waals surface area contributed by atoms with Gasteiger partial charge in [0.1, 0.15) is 5.82 Å². The first kappa shape index (κ1) is 23.3. The van der Waals surface area contributed by atoms with Gasteiger partial charge in [0, 0.05) is 30.6 Å². The number of fused-ring (bicyclic) bond motifs is 1. The van der Waals surface area contributed by atoms with Gasteiger partial charge >= 0.3 is 0 Å². The predicted molar refractivity (Wildman–Crippen MR) is 142 cm³/mol. The van der Waals surface area contributed by atoms with Crippen molar-refractivity contribution in [2.75, 3.05) is 18.8 Å². The van der Waals surface area contributed by atoms with Crippen molar-refractivity contribution in [3.63, 3.8) is 0 Å². The van der Waals surface area contributed by atoms with Crippen molar-refractivity contribution in [1.29, 1.82) is 0 Å². The maximum Gasteiger partial charge on any atom is 0.251 e. The van der Waals surface area contributed by atoms with Crippen LogP contribution >= 0.6 is 0 Å². The summed E-state index contributed by atoms with van der Waals surface area (Å²) in [5.74, 6) is 1.85. The van der Waals surface area contributed by atoms with Crippen LogP contribution in [-0.4, -0.2) is 43.7 Å². The molecule has 0 spiro atoms. The fourth-order valence-corrected chi connectivity index (χ4v) is 5.40. The summed E-state index contributed by atoms with van der Waals surface area (Å²) in [6.45, 7) is 1.92. The molecule has 188 valence electrons. The van der Waals surface area contributed by atoms with Gasteiger partial charge in [-0.3, -0.25) is 9.48 Å². The minimum Gasteiger partial charge on any atom is -0.382 e. The summed E-state index contributed by atoms with van der Waals surface area (Å²) in [6, 6.07) is 15.7. The smallest absolute Gasteiger partial charge is 0.251 e. The molecule has 1 saturated heterocycles. The number of amides is 1. The molecule has 1 amide bonds. The van der Waals surface area contributed by atoms with Crippen LogP contribution < -0.4 is 16.4 Å². The van der Waals surface area contributed by atoms with Gasteiger partial charge in [-0.15, -0.1) is 5.10 Å². The number of hydrogen-bond acceptors (Lipinski definition) is 7. The number of hydrogen-bond donors (Lipinski definition) is 3. The van der Waals surface area contributed by atoms with E-state index in [1.54, 1.807) is 6.20 Å². The van der Waals surface area contributed by atoms with Crippen molar-refractivity contribution in [2.45, 2.75) is 37.6 Å². The van der Waals surface area contributed by atoms with Crippen molar-refractivity contribution in [2.24, 2.45) is 7.05 Å². The topological polar surface area (TPSA) is 124 Å². The Morgan fingerprint density at radius 2 is 2.03 bits per heavy atom. The molecule has 1 aliphatic carbocycles. The Labute approximate surface area is 215 Å². The molecule has 0 bridgehead atoms. The Balaban J connectivity index is 1.25. The van der Waals surface area contributed by atoms with E-state index in [0.717, 1.165) is 50.2 Å². The third-order valence-electron chi connectivity index (χ3n) is 7.33. The molecule has 1 aliphatic heterocycles. The molecule has 2 aromatic heterocycles. The molecule has 9 nitrogen and oxygen atoms in total. The quantitative estimate of drug-likeness (QED) is 0.388. The van der Waals surface area contributed by atoms with E-state index in [2.05, 4.69) is 32.8 Å². The fraction of sp³-hybridized carbons (Fsp3) is 0.321. The zero-order chi connectivity index (χ0) is 25.4. The highest BCUT2D eigenvalue weighted by molar-refractivity contribution is 5.95.